The van der Waals surface area contributed by atoms with E-state index in [1.165, 1.54) is 0 Å². The third-order valence-electron chi connectivity index (χ3n) is 7.06. The van der Waals surface area contributed by atoms with Crippen LogP contribution in [0, 0.1) is 3.57 Å². The minimum atomic E-state index is -4.36. The second-order valence-corrected chi connectivity index (χ2v) is 11.4. The van der Waals surface area contributed by atoms with E-state index in [0.717, 1.165) is 22.5 Å². The molecule has 1 unspecified atom stereocenters. The fourth-order valence-corrected chi connectivity index (χ4v) is 5.12. The Bertz CT molecular complexity index is 1110. The first-order valence-electron chi connectivity index (χ1n) is 13.1. The van der Waals surface area contributed by atoms with Gasteiger partial charge >= 0.3 is 6.18 Å². The molecule has 3 rings (SSSR count). The van der Waals surface area contributed by atoms with Crippen LogP contribution >= 0.6 is 34.2 Å². The third kappa shape index (κ3) is 9.33. The summed E-state index contributed by atoms with van der Waals surface area (Å²) < 4.78 is 39.8. The number of nitrogens with zero attached hydrogens (tertiary/aromatic N) is 1. The number of nitrogens with one attached hydrogen (secondary N) is 3. The van der Waals surface area contributed by atoms with Crippen LogP contribution < -0.4 is 16.0 Å². The molecule has 1 fully saturated rings. The molecule has 214 valence electrons. The van der Waals surface area contributed by atoms with E-state index in [9.17, 15) is 22.8 Å². The SMILES string of the molecule is CC[C@H](CN1CC[C@@H](CNC(=O)c2ccc(I)c(Cl)c2)N[C@@H](CCNC(C)C(F)(F)F)C1=O)c1ccccc1. The van der Waals surface area contributed by atoms with E-state index < -0.39 is 18.3 Å². The Labute approximate surface area is 246 Å². The molecule has 0 spiro atoms. The summed E-state index contributed by atoms with van der Waals surface area (Å²) in [6.07, 6.45) is -2.74. The average molecular weight is 679 g/mol. The minimum Gasteiger partial charge on any atom is -0.350 e. The lowest BCUT2D eigenvalue weighted by molar-refractivity contribution is -0.151. The summed E-state index contributed by atoms with van der Waals surface area (Å²) >= 11 is 8.24. The van der Waals surface area contributed by atoms with Crippen LogP contribution in [0.4, 0.5) is 13.2 Å². The molecule has 4 atom stereocenters. The van der Waals surface area contributed by atoms with Crippen molar-refractivity contribution in [1.82, 2.24) is 20.9 Å². The molecule has 0 saturated carbocycles. The van der Waals surface area contributed by atoms with Gasteiger partial charge in [0.2, 0.25) is 5.91 Å². The Hall–Kier alpha value is -1.89. The highest BCUT2D eigenvalue weighted by Gasteiger charge is 2.36. The summed E-state index contributed by atoms with van der Waals surface area (Å²) in [4.78, 5) is 28.1. The van der Waals surface area contributed by atoms with Gasteiger partial charge in [-0.25, -0.2) is 0 Å². The molecule has 3 N–H and O–H groups in total. The normalized spacial score (nSPS) is 19.9. The Morgan fingerprint density at radius 3 is 2.59 bits per heavy atom. The number of hydrogen-bond acceptors (Lipinski definition) is 4. The molecular formula is C28H35ClF3IN4O2. The number of amides is 2. The maximum absolute atomic E-state index is 13.6. The molecule has 0 radical (unpaired) electrons. The van der Waals surface area contributed by atoms with Crippen LogP contribution in [0.5, 0.6) is 0 Å². The van der Waals surface area contributed by atoms with Crippen molar-refractivity contribution in [3.05, 3.63) is 68.3 Å². The molecule has 0 aliphatic carbocycles. The molecule has 0 aromatic heterocycles. The van der Waals surface area contributed by atoms with E-state index >= 15 is 0 Å². The van der Waals surface area contributed by atoms with E-state index in [2.05, 4.69) is 45.5 Å². The summed E-state index contributed by atoms with van der Waals surface area (Å²) in [5, 5.41) is 9.19. The van der Waals surface area contributed by atoms with Crippen molar-refractivity contribution < 1.29 is 22.8 Å². The van der Waals surface area contributed by atoms with Crippen LogP contribution in [-0.2, 0) is 4.79 Å². The van der Waals surface area contributed by atoms with Crippen molar-refractivity contribution in [2.75, 3.05) is 26.2 Å². The number of hydrogen-bond donors (Lipinski definition) is 3. The number of carbonyl (C=O) groups is 2. The van der Waals surface area contributed by atoms with Crippen molar-refractivity contribution >= 4 is 46.0 Å². The van der Waals surface area contributed by atoms with Gasteiger partial charge < -0.3 is 20.9 Å². The summed E-state index contributed by atoms with van der Waals surface area (Å²) in [6.45, 7) is 4.43. The fraction of sp³-hybridized carbons (Fsp3) is 0.500. The summed E-state index contributed by atoms with van der Waals surface area (Å²) in [5.74, 6) is -0.278. The van der Waals surface area contributed by atoms with Crippen LogP contribution in [0.2, 0.25) is 5.02 Å². The zero-order chi connectivity index (χ0) is 28.6. The average Bonchev–Trinajstić information content (AvgIpc) is 3.05. The molecule has 1 saturated heterocycles. The first-order valence-corrected chi connectivity index (χ1v) is 14.6. The van der Waals surface area contributed by atoms with Gasteiger partial charge in [0, 0.05) is 40.7 Å². The van der Waals surface area contributed by atoms with E-state index in [-0.39, 0.29) is 43.3 Å². The zero-order valence-corrected chi connectivity index (χ0v) is 24.9. The molecule has 1 heterocycles. The Morgan fingerprint density at radius 1 is 1.23 bits per heavy atom. The van der Waals surface area contributed by atoms with Crippen LogP contribution in [0.25, 0.3) is 0 Å². The maximum Gasteiger partial charge on any atom is 0.403 e. The van der Waals surface area contributed by atoms with Gasteiger partial charge in [-0.05, 0) is 79.1 Å². The van der Waals surface area contributed by atoms with Crippen molar-refractivity contribution in [2.24, 2.45) is 0 Å². The molecular weight excluding hydrogens is 644 g/mol. The topological polar surface area (TPSA) is 73.5 Å². The van der Waals surface area contributed by atoms with Gasteiger partial charge in [-0.3, -0.25) is 9.59 Å². The highest BCUT2D eigenvalue weighted by molar-refractivity contribution is 14.1. The monoisotopic (exact) mass is 678 g/mol. The van der Waals surface area contributed by atoms with Crippen molar-refractivity contribution in [3.63, 3.8) is 0 Å². The van der Waals surface area contributed by atoms with E-state index in [0.29, 0.717) is 30.1 Å². The van der Waals surface area contributed by atoms with Crippen LogP contribution in [0.1, 0.15) is 54.9 Å². The van der Waals surface area contributed by atoms with Gasteiger partial charge in [-0.1, -0.05) is 48.9 Å². The second kappa shape index (κ2) is 14.7. The van der Waals surface area contributed by atoms with Gasteiger partial charge in [0.15, 0.2) is 0 Å². The van der Waals surface area contributed by atoms with E-state index in [1.807, 2.05) is 35.2 Å². The predicted molar refractivity (Wildman–Crippen MR) is 156 cm³/mol. The number of halogens is 5. The number of rotatable bonds is 11. The number of alkyl halides is 3. The standard InChI is InChI=1S/C28H35ClF3IN4O2/c1-3-19(20-7-5-4-6-8-20)17-37-14-12-22(16-35-26(38)21-9-10-24(33)23(29)15-21)36-25(27(37)39)11-13-34-18(2)28(30,31)32/h4-10,15,18-19,22,25,34,36H,3,11-14,16-17H2,1-2H3,(H,35,38)/t18?,19-,22+,25+/m1/s1. The van der Waals surface area contributed by atoms with E-state index in [4.69, 9.17) is 11.6 Å². The highest BCUT2D eigenvalue weighted by atomic mass is 127. The summed E-state index contributed by atoms with van der Waals surface area (Å²) in [5.41, 5.74) is 1.57. The van der Waals surface area contributed by atoms with Crippen LogP contribution in [0.3, 0.4) is 0 Å². The first-order chi connectivity index (χ1) is 18.5. The minimum absolute atomic E-state index is 0.0219. The van der Waals surface area contributed by atoms with Crippen molar-refractivity contribution in [3.8, 4) is 0 Å². The lowest BCUT2D eigenvalue weighted by Crippen LogP contribution is -2.51. The molecule has 39 heavy (non-hydrogen) atoms. The van der Waals surface area contributed by atoms with Crippen LogP contribution in [-0.4, -0.2) is 67.2 Å². The molecule has 11 heteroatoms. The summed E-state index contributed by atoms with van der Waals surface area (Å²) in [6, 6.07) is 12.5. The fourth-order valence-electron chi connectivity index (χ4n) is 4.61. The molecule has 2 aromatic rings. The molecule has 2 amide bonds. The molecule has 1 aliphatic rings. The van der Waals surface area contributed by atoms with Crippen LogP contribution in [0.15, 0.2) is 48.5 Å². The number of benzene rings is 2. The van der Waals surface area contributed by atoms with Gasteiger partial charge in [0.25, 0.3) is 5.91 Å². The predicted octanol–water partition coefficient (Wildman–Crippen LogP) is 5.36. The van der Waals surface area contributed by atoms with Gasteiger partial charge in [0.1, 0.15) is 6.04 Å². The largest absolute Gasteiger partial charge is 0.403 e. The lowest BCUT2D eigenvalue weighted by atomic mass is 9.95. The summed E-state index contributed by atoms with van der Waals surface area (Å²) in [7, 11) is 0. The molecule has 0 bridgehead atoms. The van der Waals surface area contributed by atoms with Crippen molar-refractivity contribution in [2.45, 2.75) is 63.3 Å². The maximum atomic E-state index is 13.6. The Balaban J connectivity index is 1.70. The van der Waals surface area contributed by atoms with Gasteiger partial charge in [0.05, 0.1) is 11.1 Å². The highest BCUT2D eigenvalue weighted by Crippen LogP contribution is 2.24. The first kappa shape index (κ1) is 31.6. The van der Waals surface area contributed by atoms with Gasteiger partial charge in [-0.15, -0.1) is 0 Å². The lowest BCUT2D eigenvalue weighted by Gasteiger charge is -2.29. The third-order valence-corrected chi connectivity index (χ3v) is 8.64. The molecule has 6 nitrogen and oxygen atoms in total. The Morgan fingerprint density at radius 2 is 1.95 bits per heavy atom. The molecule has 2 aromatic carbocycles. The van der Waals surface area contributed by atoms with Crippen molar-refractivity contribution in [1.29, 1.82) is 0 Å². The second-order valence-electron chi connectivity index (χ2n) is 9.85. The molecule has 1 aliphatic heterocycles. The quantitative estimate of drug-likeness (QED) is 0.280. The van der Waals surface area contributed by atoms with Gasteiger partial charge in [-0.2, -0.15) is 13.2 Å². The zero-order valence-electron chi connectivity index (χ0n) is 22.0. The number of carbonyl (C=O) groups excluding carboxylic acids is 2. The van der Waals surface area contributed by atoms with E-state index in [1.54, 1.807) is 18.2 Å². The Kier molecular flexibility index (Phi) is 11.9. The smallest absolute Gasteiger partial charge is 0.350 e.